The molecular formula is C54H38N22OS+4. The number of oxazole rings is 1. The van der Waals surface area contributed by atoms with Crippen LogP contribution in [-0.4, -0.2) is 87.0 Å². The molecule has 0 bridgehead atoms. The first-order valence-corrected chi connectivity index (χ1v) is 25.6. The molecule has 0 aliphatic carbocycles. The maximum absolute atomic E-state index is 7.95. The van der Waals surface area contributed by atoms with Gasteiger partial charge in [0.2, 0.25) is 16.5 Å². The summed E-state index contributed by atoms with van der Waals surface area (Å²) >= 11 is 1.74. The van der Waals surface area contributed by atoms with Crippen LogP contribution in [0.3, 0.4) is 0 Å². The molecule has 0 aromatic carbocycles. The number of imidazole rings is 6. The van der Waals surface area contributed by atoms with Crippen LogP contribution >= 0.6 is 11.3 Å². The summed E-state index contributed by atoms with van der Waals surface area (Å²) in [4.78, 5) is 44.7. The first kappa shape index (κ1) is 39.8. The van der Waals surface area contributed by atoms with Gasteiger partial charge in [-0.05, 0) is 58.5 Å². The third-order valence-electron chi connectivity index (χ3n) is 14.7. The van der Waals surface area contributed by atoms with Gasteiger partial charge < -0.3 is 4.42 Å². The summed E-state index contributed by atoms with van der Waals surface area (Å²) in [5.41, 5.74) is 16.5. The lowest BCUT2D eigenvalue weighted by Gasteiger charge is -1.95. The van der Waals surface area contributed by atoms with Crippen molar-refractivity contribution < 1.29 is 26.8 Å². The molecule has 0 fully saturated rings. The molecule has 20 rings (SSSR count). The summed E-state index contributed by atoms with van der Waals surface area (Å²) in [5.74, 6) is 3.86. The van der Waals surface area contributed by atoms with E-state index in [1.54, 1.807) is 65.3 Å². The highest BCUT2D eigenvalue weighted by atomic mass is 32.1. The molecule has 0 saturated heterocycles. The Kier molecular flexibility index (Phi) is 8.14. The van der Waals surface area contributed by atoms with Crippen molar-refractivity contribution in [2.75, 3.05) is 0 Å². The Morgan fingerprint density at radius 2 is 1.05 bits per heavy atom. The number of aromatic nitrogens is 22. The van der Waals surface area contributed by atoms with Gasteiger partial charge in [0.15, 0.2) is 5.01 Å². The Morgan fingerprint density at radius 3 is 1.71 bits per heavy atom. The average Bonchev–Trinajstić information content (AvgIpc) is 2.73. The monoisotopic (exact) mass is 1050 g/mol. The summed E-state index contributed by atoms with van der Waals surface area (Å²) in [5, 5.41) is 9.90. The van der Waals surface area contributed by atoms with E-state index in [1.165, 1.54) is 37.7 Å². The second-order valence-electron chi connectivity index (χ2n) is 19.0. The summed E-state index contributed by atoms with van der Waals surface area (Å²) < 4.78 is 49.3. The van der Waals surface area contributed by atoms with Gasteiger partial charge in [0.05, 0.1) is 60.3 Å². The molecule has 0 spiro atoms. The minimum absolute atomic E-state index is 0.418. The van der Waals surface area contributed by atoms with E-state index in [-0.39, 0.29) is 0 Å². The topological polar surface area (TPSA) is 211 Å². The lowest BCUT2D eigenvalue weighted by Crippen LogP contribution is -2.32. The predicted molar refractivity (Wildman–Crippen MR) is 280 cm³/mol. The minimum atomic E-state index is -2.33. The Labute approximate surface area is 445 Å². The van der Waals surface area contributed by atoms with E-state index in [2.05, 4.69) is 97.5 Å². The van der Waals surface area contributed by atoms with Gasteiger partial charge in [-0.25, -0.2) is 32.8 Å². The van der Waals surface area contributed by atoms with Gasteiger partial charge in [0, 0.05) is 114 Å². The van der Waals surface area contributed by atoms with E-state index in [4.69, 9.17) is 8.53 Å². The quantitative estimate of drug-likeness (QED) is 0.189. The molecular weight excluding hydrogens is 1000 g/mol. The van der Waals surface area contributed by atoms with Gasteiger partial charge in [-0.1, -0.05) is 11.3 Å². The molecule has 20 heterocycles. The Morgan fingerprint density at radius 1 is 0.526 bits per heavy atom. The highest BCUT2D eigenvalue weighted by Gasteiger charge is 2.38. The molecule has 372 valence electrons. The number of pyridine rings is 4. The Hall–Kier alpha value is -10.6. The maximum atomic E-state index is 7.95. The summed E-state index contributed by atoms with van der Waals surface area (Å²) in [6, 6.07) is 19.4. The van der Waals surface area contributed by atoms with Crippen LogP contribution in [0.4, 0.5) is 0 Å². The standard InChI is InChI=1S/2C14H11N6.C13H8N5O.C13H8N5S/c2*1-18-11-13(19-6-2-4-16-14(19)17-11)20-8-9-7-15-5-3-10(9)12(18)20;2*1-2-10-16-11-13(18(10)15-4-1)19-12-9-3-5-14-6-8(9)7-17(11)12/h2*2-7H,8H2,1H3;2*1-6H,7H2/q4*+1/i1D3;;;. The third kappa shape index (κ3) is 5.95. The van der Waals surface area contributed by atoms with Crippen LogP contribution in [0.2, 0.25) is 0 Å². The molecule has 4 aliphatic rings. The second kappa shape index (κ2) is 15.9. The first-order valence-electron chi connectivity index (χ1n) is 26.3. The van der Waals surface area contributed by atoms with Crippen LogP contribution in [0.1, 0.15) is 26.4 Å². The summed E-state index contributed by atoms with van der Waals surface area (Å²) in [6.07, 6.45) is 25.4. The maximum Gasteiger partial charge on any atom is 0.392 e. The molecule has 0 N–H and O–H groups in total. The van der Waals surface area contributed by atoms with Crippen molar-refractivity contribution in [3.63, 3.8) is 0 Å². The molecule has 78 heavy (non-hydrogen) atoms. The lowest BCUT2D eigenvalue weighted by atomic mass is 10.2. The normalized spacial score (nSPS) is 13.8. The van der Waals surface area contributed by atoms with Crippen molar-refractivity contribution in [1.29, 1.82) is 0 Å². The number of hydrogen-bond acceptors (Lipinski definition) is 14. The Bertz CT molecular complexity index is 5150. The summed E-state index contributed by atoms with van der Waals surface area (Å²) in [7, 11) is 2.05. The molecule has 0 saturated carbocycles. The van der Waals surface area contributed by atoms with Gasteiger partial charge in [-0.2, -0.15) is 42.6 Å². The Balaban J connectivity index is 0.0000000863. The van der Waals surface area contributed by atoms with Gasteiger partial charge in [0.25, 0.3) is 51.3 Å². The summed E-state index contributed by atoms with van der Waals surface area (Å²) in [6.45, 7) is 0.665. The molecule has 0 amide bonds. The number of nitrogens with zero attached hydrogens (tertiary/aromatic N) is 22. The highest BCUT2D eigenvalue weighted by Crippen LogP contribution is 2.36. The SMILES string of the molecule is Cn1c2[n+](c3c1nc1ncccn13)Cc1cnccc1-2.[2H]C([2H])([2H])n1c2[n+](c3c1nc1ncccn13)Cc1cnccc1-2.c1cnn2c(c1)nc1c2oc2[n+]1Cc1cnccc1-2.c1cnn2c(c1)nc1c2sc2[n+]1Cc1cnccc1-2. The first-order chi connectivity index (χ1) is 39.7. The van der Waals surface area contributed by atoms with Crippen molar-refractivity contribution >= 4 is 78.6 Å². The van der Waals surface area contributed by atoms with E-state index in [9.17, 15) is 0 Å². The fourth-order valence-electron chi connectivity index (χ4n) is 11.4. The van der Waals surface area contributed by atoms with Crippen LogP contribution < -0.4 is 18.3 Å². The fourth-order valence-corrected chi connectivity index (χ4v) is 12.6. The van der Waals surface area contributed by atoms with Crippen molar-refractivity contribution in [3.05, 3.63) is 170 Å². The van der Waals surface area contributed by atoms with E-state index < -0.39 is 6.98 Å². The van der Waals surface area contributed by atoms with Gasteiger partial charge in [0.1, 0.15) is 13.1 Å². The van der Waals surface area contributed by atoms with Crippen LogP contribution in [0.5, 0.6) is 0 Å². The second-order valence-corrected chi connectivity index (χ2v) is 20.0. The highest BCUT2D eigenvalue weighted by molar-refractivity contribution is 7.20. The van der Waals surface area contributed by atoms with E-state index in [0.717, 1.165) is 97.9 Å². The van der Waals surface area contributed by atoms with Gasteiger partial charge >= 0.3 is 17.0 Å². The zero-order chi connectivity index (χ0) is 53.8. The molecule has 23 nitrogen and oxygen atoms in total. The molecule has 0 radical (unpaired) electrons. The van der Waals surface area contributed by atoms with Crippen molar-refractivity contribution in [1.82, 2.24) is 87.0 Å². The zero-order valence-corrected chi connectivity index (χ0v) is 41.7. The van der Waals surface area contributed by atoms with Gasteiger partial charge in [-0.15, -0.1) is 0 Å². The molecule has 24 heteroatoms. The number of thiazole rings is 1. The van der Waals surface area contributed by atoms with E-state index in [0.29, 0.717) is 29.5 Å². The van der Waals surface area contributed by atoms with Crippen LogP contribution in [0, 0.1) is 0 Å². The number of rotatable bonds is 0. The van der Waals surface area contributed by atoms with Crippen molar-refractivity contribution in [2.24, 2.45) is 14.0 Å². The predicted octanol–water partition coefficient (Wildman–Crippen LogP) is 4.71. The molecule has 0 atom stereocenters. The largest absolute Gasteiger partial charge is 0.395 e. The molecule has 16 aromatic heterocycles. The number of hydrogen-bond donors (Lipinski definition) is 0. The molecule has 4 aliphatic heterocycles. The average molecular weight is 1050 g/mol. The van der Waals surface area contributed by atoms with Crippen LogP contribution in [0.25, 0.3) is 112 Å². The van der Waals surface area contributed by atoms with Gasteiger partial charge in [-0.3, -0.25) is 19.9 Å². The number of aryl methyl sites for hydroxylation is 2. The lowest BCUT2D eigenvalue weighted by molar-refractivity contribution is -0.651. The fraction of sp³-hybridized carbons (Fsp3) is 0.111. The van der Waals surface area contributed by atoms with E-state index >= 15 is 0 Å². The molecule has 16 aromatic rings. The minimum Gasteiger partial charge on any atom is -0.395 e. The smallest absolute Gasteiger partial charge is 0.392 e. The molecule has 0 unspecified atom stereocenters. The third-order valence-corrected chi connectivity index (χ3v) is 15.9. The van der Waals surface area contributed by atoms with Crippen LogP contribution in [-0.2, 0) is 40.2 Å². The van der Waals surface area contributed by atoms with Crippen molar-refractivity contribution in [3.8, 4) is 44.8 Å². The van der Waals surface area contributed by atoms with E-state index in [1.807, 2.05) is 104 Å². The van der Waals surface area contributed by atoms with Crippen LogP contribution in [0.15, 0.2) is 152 Å². The zero-order valence-electron chi connectivity index (χ0n) is 43.8. The van der Waals surface area contributed by atoms with Crippen molar-refractivity contribution in [2.45, 2.75) is 26.2 Å². The number of fused-ring (bicyclic) bond motifs is 28.